The van der Waals surface area contributed by atoms with Gasteiger partial charge in [-0.05, 0) is 28.4 Å². The van der Waals surface area contributed by atoms with Crippen molar-refractivity contribution in [3.05, 3.63) is 33.2 Å². The number of esters is 1. The number of halogens is 1. The van der Waals surface area contributed by atoms with E-state index < -0.39 is 5.97 Å². The molecule has 0 radical (unpaired) electrons. The first kappa shape index (κ1) is 16.4. The number of nitrogens with zero attached hydrogens (tertiary/aromatic N) is 2. The summed E-state index contributed by atoms with van der Waals surface area (Å²) in [6.07, 6.45) is 2.26. The van der Waals surface area contributed by atoms with Gasteiger partial charge in [0, 0.05) is 23.3 Å². The van der Waals surface area contributed by atoms with Crippen molar-refractivity contribution < 1.29 is 14.3 Å². The Morgan fingerprint density at radius 3 is 2.70 bits per heavy atom. The molecule has 0 atom stereocenters. The molecule has 0 unspecified atom stereocenters. The first-order valence-corrected chi connectivity index (χ1v) is 6.97. The van der Waals surface area contributed by atoms with Gasteiger partial charge >= 0.3 is 5.97 Å². The Labute approximate surface area is 125 Å². The molecule has 1 heterocycles. The molecule has 0 fully saturated rings. The van der Waals surface area contributed by atoms with E-state index in [1.165, 1.54) is 22.6 Å². The number of carbonyl (C=O) groups is 2. The second-order valence-corrected chi connectivity index (χ2v) is 5.12. The van der Waals surface area contributed by atoms with Crippen LogP contribution in [0.15, 0.2) is 27.6 Å². The number of aromatic nitrogens is 1. The number of hydrogen-bond acceptors (Lipinski definition) is 4. The molecule has 0 aliphatic carbocycles. The minimum Gasteiger partial charge on any atom is -0.468 e. The predicted molar refractivity (Wildman–Crippen MR) is 77.3 cm³/mol. The molecular weight excluding hydrogens is 328 g/mol. The Hall–Kier alpha value is -1.63. The minimum absolute atomic E-state index is 0.102. The van der Waals surface area contributed by atoms with Crippen LogP contribution in [0.2, 0.25) is 0 Å². The van der Waals surface area contributed by atoms with Gasteiger partial charge in [-0.1, -0.05) is 6.92 Å². The van der Waals surface area contributed by atoms with E-state index in [1.807, 2.05) is 6.92 Å². The highest BCUT2D eigenvalue weighted by Crippen LogP contribution is 2.05. The lowest BCUT2D eigenvalue weighted by Crippen LogP contribution is -2.40. The summed E-state index contributed by atoms with van der Waals surface area (Å²) in [5.74, 6) is -0.772. The van der Waals surface area contributed by atoms with Crippen molar-refractivity contribution in [2.24, 2.45) is 0 Å². The van der Waals surface area contributed by atoms with Crippen molar-refractivity contribution in [1.29, 1.82) is 0 Å². The van der Waals surface area contributed by atoms with Crippen molar-refractivity contribution in [2.45, 2.75) is 19.9 Å². The topological polar surface area (TPSA) is 68.6 Å². The first-order valence-electron chi connectivity index (χ1n) is 6.18. The highest BCUT2D eigenvalue weighted by Gasteiger charge is 2.17. The quantitative estimate of drug-likeness (QED) is 0.722. The highest BCUT2D eigenvalue weighted by molar-refractivity contribution is 9.10. The van der Waals surface area contributed by atoms with Crippen molar-refractivity contribution >= 4 is 27.8 Å². The number of hydrogen-bond donors (Lipinski definition) is 0. The summed E-state index contributed by atoms with van der Waals surface area (Å²) in [7, 11) is 1.27. The number of rotatable bonds is 6. The number of pyridine rings is 1. The molecule has 6 nitrogen and oxygen atoms in total. The predicted octanol–water partition coefficient (Wildman–Crippen LogP) is 1.02. The molecule has 0 saturated heterocycles. The highest BCUT2D eigenvalue weighted by atomic mass is 79.9. The normalized spacial score (nSPS) is 10.2. The molecule has 1 rings (SSSR count). The van der Waals surface area contributed by atoms with Crippen LogP contribution in [-0.4, -0.2) is 41.5 Å². The van der Waals surface area contributed by atoms with Gasteiger partial charge in [-0.15, -0.1) is 0 Å². The molecular formula is C13H17BrN2O4. The van der Waals surface area contributed by atoms with E-state index in [-0.39, 0.29) is 24.6 Å². The van der Waals surface area contributed by atoms with Crippen LogP contribution < -0.4 is 5.56 Å². The average Bonchev–Trinajstić information content (AvgIpc) is 2.42. The average molecular weight is 345 g/mol. The van der Waals surface area contributed by atoms with Crippen molar-refractivity contribution in [1.82, 2.24) is 9.47 Å². The molecule has 0 spiro atoms. The van der Waals surface area contributed by atoms with Crippen molar-refractivity contribution in [3.8, 4) is 0 Å². The first-order chi connectivity index (χ1) is 9.47. The van der Waals surface area contributed by atoms with Gasteiger partial charge < -0.3 is 14.2 Å². The summed E-state index contributed by atoms with van der Waals surface area (Å²) in [5, 5.41) is 0. The summed E-state index contributed by atoms with van der Waals surface area (Å²) in [4.78, 5) is 36.5. The standard InChI is InChI=1S/C13H17BrN2O4/c1-3-6-15(9-13(19)20-2)12(18)8-16-7-10(14)4-5-11(16)17/h4-5,7H,3,6,8-9H2,1-2H3. The van der Waals surface area contributed by atoms with Crippen LogP contribution in [0.5, 0.6) is 0 Å². The Balaban J connectivity index is 2.82. The largest absolute Gasteiger partial charge is 0.468 e. The molecule has 1 aromatic rings. The minimum atomic E-state index is -0.478. The van der Waals surface area contributed by atoms with Gasteiger partial charge in [-0.3, -0.25) is 14.4 Å². The van der Waals surface area contributed by atoms with Crippen LogP contribution in [0.3, 0.4) is 0 Å². The Bertz CT molecular complexity index is 541. The lowest BCUT2D eigenvalue weighted by atomic mass is 10.3. The molecule has 0 aromatic carbocycles. The molecule has 0 aliphatic rings. The van der Waals surface area contributed by atoms with Crippen LogP contribution in [0, 0.1) is 0 Å². The molecule has 0 N–H and O–H groups in total. The van der Waals surface area contributed by atoms with Crippen LogP contribution >= 0.6 is 15.9 Å². The zero-order valence-corrected chi connectivity index (χ0v) is 13.1. The lowest BCUT2D eigenvalue weighted by Gasteiger charge is -2.21. The molecule has 0 aliphatic heterocycles. The van der Waals surface area contributed by atoms with Gasteiger partial charge in [-0.2, -0.15) is 0 Å². The molecule has 0 saturated carbocycles. The summed E-state index contributed by atoms with van der Waals surface area (Å²) in [6.45, 7) is 2.14. The maximum atomic E-state index is 12.2. The zero-order valence-electron chi connectivity index (χ0n) is 11.5. The van der Waals surface area contributed by atoms with E-state index >= 15 is 0 Å². The Morgan fingerprint density at radius 1 is 1.40 bits per heavy atom. The van der Waals surface area contributed by atoms with E-state index in [0.717, 1.165) is 6.42 Å². The summed E-state index contributed by atoms with van der Waals surface area (Å²) < 4.78 is 6.57. The van der Waals surface area contributed by atoms with Crippen molar-refractivity contribution in [3.63, 3.8) is 0 Å². The van der Waals surface area contributed by atoms with Gasteiger partial charge in [0.25, 0.3) is 5.56 Å². The third kappa shape index (κ3) is 4.80. The fourth-order valence-electron chi connectivity index (χ4n) is 1.65. The zero-order chi connectivity index (χ0) is 15.1. The third-order valence-corrected chi connectivity index (χ3v) is 3.12. The van der Waals surface area contributed by atoms with Crippen LogP contribution in [0.4, 0.5) is 0 Å². The van der Waals surface area contributed by atoms with E-state index in [1.54, 1.807) is 12.3 Å². The molecule has 110 valence electrons. The van der Waals surface area contributed by atoms with Gasteiger partial charge in [0.2, 0.25) is 5.91 Å². The Morgan fingerprint density at radius 2 is 2.10 bits per heavy atom. The lowest BCUT2D eigenvalue weighted by molar-refractivity contribution is -0.147. The van der Waals surface area contributed by atoms with Crippen LogP contribution in [-0.2, 0) is 20.9 Å². The second-order valence-electron chi connectivity index (χ2n) is 4.20. The van der Waals surface area contributed by atoms with E-state index in [2.05, 4.69) is 20.7 Å². The fourth-order valence-corrected chi connectivity index (χ4v) is 2.03. The molecule has 1 aromatic heterocycles. The van der Waals surface area contributed by atoms with Gasteiger partial charge in [-0.25, -0.2) is 0 Å². The van der Waals surface area contributed by atoms with E-state index in [0.29, 0.717) is 11.0 Å². The van der Waals surface area contributed by atoms with Crippen LogP contribution in [0.25, 0.3) is 0 Å². The second kappa shape index (κ2) is 7.84. The van der Waals surface area contributed by atoms with Crippen LogP contribution in [0.1, 0.15) is 13.3 Å². The maximum absolute atomic E-state index is 12.2. The molecule has 7 heteroatoms. The number of carbonyl (C=O) groups excluding carboxylic acids is 2. The third-order valence-electron chi connectivity index (χ3n) is 2.65. The van der Waals surface area contributed by atoms with Gasteiger partial charge in [0.05, 0.1) is 7.11 Å². The monoisotopic (exact) mass is 344 g/mol. The molecule has 1 amide bonds. The van der Waals surface area contributed by atoms with E-state index in [9.17, 15) is 14.4 Å². The number of methoxy groups -OCH3 is 1. The number of amides is 1. The molecule has 20 heavy (non-hydrogen) atoms. The van der Waals surface area contributed by atoms with Crippen molar-refractivity contribution in [2.75, 3.05) is 20.2 Å². The number of ether oxygens (including phenoxy) is 1. The smallest absolute Gasteiger partial charge is 0.325 e. The maximum Gasteiger partial charge on any atom is 0.325 e. The fraction of sp³-hybridized carbons (Fsp3) is 0.462. The van der Waals surface area contributed by atoms with E-state index in [4.69, 9.17) is 0 Å². The molecule has 0 bridgehead atoms. The summed E-state index contributed by atoms with van der Waals surface area (Å²) in [6, 6.07) is 2.99. The summed E-state index contributed by atoms with van der Waals surface area (Å²) in [5.41, 5.74) is -0.268. The Kier molecular flexibility index (Phi) is 6.44. The van der Waals surface area contributed by atoms with Gasteiger partial charge in [0.1, 0.15) is 13.1 Å². The summed E-state index contributed by atoms with van der Waals surface area (Å²) >= 11 is 3.25. The van der Waals surface area contributed by atoms with Gasteiger partial charge in [0.15, 0.2) is 0 Å². The SMILES string of the molecule is CCCN(CC(=O)OC)C(=O)Cn1cc(Br)ccc1=O.